The molecule has 1 aromatic heterocycles. The molecule has 0 bridgehead atoms. The summed E-state index contributed by atoms with van der Waals surface area (Å²) in [5.74, 6) is 0. The van der Waals surface area contributed by atoms with Gasteiger partial charge in [-0.05, 0) is 43.9 Å². The second-order valence-electron chi connectivity index (χ2n) is 6.11. The summed E-state index contributed by atoms with van der Waals surface area (Å²) in [4.78, 5) is 4.34. The molecule has 0 aliphatic heterocycles. The summed E-state index contributed by atoms with van der Waals surface area (Å²) < 4.78 is 0. The number of nitrogens with zero attached hydrogens (tertiary/aromatic N) is 1. The van der Waals surface area contributed by atoms with Crippen molar-refractivity contribution >= 4 is 11.3 Å². The van der Waals surface area contributed by atoms with Crippen LogP contribution in [0, 0.1) is 5.41 Å². The Bertz CT molecular complexity index is 345. The predicted octanol–water partition coefficient (Wildman–Crippen LogP) is 3.78. The molecule has 100 valence electrons. The van der Waals surface area contributed by atoms with Crippen molar-refractivity contribution in [2.24, 2.45) is 5.41 Å². The van der Waals surface area contributed by atoms with Crippen molar-refractivity contribution in [2.75, 3.05) is 6.54 Å². The molecule has 1 spiro atoms. The zero-order valence-corrected chi connectivity index (χ0v) is 12.0. The van der Waals surface area contributed by atoms with E-state index in [0.717, 1.165) is 24.4 Å². The lowest BCUT2D eigenvalue weighted by molar-refractivity contribution is 0.169. The molecule has 1 N–H and O–H groups in total. The van der Waals surface area contributed by atoms with Gasteiger partial charge in [0.1, 0.15) is 0 Å². The summed E-state index contributed by atoms with van der Waals surface area (Å²) in [5.41, 5.74) is 0.771. The van der Waals surface area contributed by atoms with Crippen molar-refractivity contribution in [2.45, 2.75) is 63.8 Å². The van der Waals surface area contributed by atoms with Crippen molar-refractivity contribution in [1.82, 2.24) is 10.3 Å². The summed E-state index contributed by atoms with van der Waals surface area (Å²) in [5, 5.41) is 7.07. The van der Waals surface area contributed by atoms with Crippen LogP contribution in [0.15, 0.2) is 11.6 Å². The second-order valence-corrected chi connectivity index (χ2v) is 7.09. The first-order chi connectivity index (χ1) is 8.86. The van der Waals surface area contributed by atoms with Crippen LogP contribution >= 0.6 is 11.3 Å². The number of nitrogens with one attached hydrogen (secondary N) is 1. The molecule has 3 rings (SSSR count). The molecule has 0 amide bonds. The fourth-order valence-corrected chi connectivity index (χ4v) is 4.44. The van der Waals surface area contributed by atoms with Crippen molar-refractivity contribution < 1.29 is 0 Å². The van der Waals surface area contributed by atoms with Gasteiger partial charge in [0.25, 0.3) is 0 Å². The lowest BCUT2D eigenvalue weighted by Gasteiger charge is -2.37. The second kappa shape index (κ2) is 5.70. The molecule has 0 unspecified atom stereocenters. The molecule has 1 aromatic rings. The molecular weight excluding hydrogens is 240 g/mol. The fraction of sp³-hybridized carbons (Fsp3) is 0.800. The van der Waals surface area contributed by atoms with Crippen LogP contribution in [0.4, 0.5) is 0 Å². The Morgan fingerprint density at radius 1 is 1.22 bits per heavy atom. The fourth-order valence-electron chi connectivity index (χ4n) is 3.82. The average Bonchev–Trinajstić information content (AvgIpc) is 3.04. The number of hydrogen-bond donors (Lipinski definition) is 1. The van der Waals surface area contributed by atoms with Gasteiger partial charge in [-0.2, -0.15) is 0 Å². The molecule has 2 aliphatic rings. The van der Waals surface area contributed by atoms with E-state index in [9.17, 15) is 0 Å². The Kier molecular flexibility index (Phi) is 4.00. The van der Waals surface area contributed by atoms with Crippen LogP contribution in [-0.4, -0.2) is 17.6 Å². The molecule has 3 heteroatoms. The van der Waals surface area contributed by atoms with Gasteiger partial charge in [-0.3, -0.25) is 0 Å². The molecule has 1 heterocycles. The maximum Gasteiger partial charge on any atom is 0.0937 e. The monoisotopic (exact) mass is 264 g/mol. The summed E-state index contributed by atoms with van der Waals surface area (Å²) in [6.45, 7) is 1.10. The molecule has 0 aromatic carbocycles. The van der Waals surface area contributed by atoms with E-state index in [0.29, 0.717) is 0 Å². The maximum absolute atomic E-state index is 4.34. The van der Waals surface area contributed by atoms with Crippen LogP contribution in [0.5, 0.6) is 0 Å². The molecule has 2 fully saturated rings. The Morgan fingerprint density at radius 2 is 2.00 bits per heavy atom. The van der Waals surface area contributed by atoms with E-state index >= 15 is 0 Å². The van der Waals surface area contributed by atoms with E-state index in [4.69, 9.17) is 0 Å². The van der Waals surface area contributed by atoms with Gasteiger partial charge in [-0.15, -0.1) is 11.3 Å². The summed E-state index contributed by atoms with van der Waals surface area (Å²) in [7, 11) is 0. The lowest BCUT2D eigenvalue weighted by Crippen LogP contribution is -2.37. The first kappa shape index (κ1) is 12.6. The van der Waals surface area contributed by atoms with E-state index in [-0.39, 0.29) is 0 Å². The van der Waals surface area contributed by atoms with E-state index in [1.54, 1.807) is 11.3 Å². The topological polar surface area (TPSA) is 24.9 Å². The minimum Gasteiger partial charge on any atom is -0.314 e. The smallest absolute Gasteiger partial charge is 0.0937 e. The third-order valence-electron chi connectivity index (χ3n) is 4.97. The van der Waals surface area contributed by atoms with Crippen LogP contribution in [0.2, 0.25) is 0 Å². The number of rotatable bonds is 4. The molecule has 0 saturated heterocycles. The molecule has 2 saturated carbocycles. The van der Waals surface area contributed by atoms with Gasteiger partial charge in [-0.25, -0.2) is 4.98 Å². The molecule has 0 atom stereocenters. The highest BCUT2D eigenvalue weighted by Gasteiger charge is 2.37. The summed E-state index contributed by atoms with van der Waals surface area (Å²) in [6.07, 6.45) is 14.8. The number of hydrogen-bond acceptors (Lipinski definition) is 3. The standard InChI is InChI=1S/C15H24N2S/c1-2-7-15(6-1)8-3-13(4-9-15)16-10-5-14-17-11-12-18-14/h11-13,16H,1-10H2. The van der Waals surface area contributed by atoms with Gasteiger partial charge >= 0.3 is 0 Å². The van der Waals surface area contributed by atoms with Crippen molar-refractivity contribution in [3.63, 3.8) is 0 Å². The zero-order chi connectivity index (χ0) is 12.3. The largest absolute Gasteiger partial charge is 0.314 e. The predicted molar refractivity (Wildman–Crippen MR) is 77.0 cm³/mol. The Balaban J connectivity index is 1.38. The number of thiazole rings is 1. The third kappa shape index (κ3) is 2.94. The van der Waals surface area contributed by atoms with E-state index in [2.05, 4.69) is 15.7 Å². The van der Waals surface area contributed by atoms with E-state index < -0.39 is 0 Å². The van der Waals surface area contributed by atoms with Crippen LogP contribution < -0.4 is 5.32 Å². The van der Waals surface area contributed by atoms with E-state index in [1.807, 2.05) is 6.20 Å². The highest BCUT2D eigenvalue weighted by atomic mass is 32.1. The Morgan fingerprint density at radius 3 is 2.67 bits per heavy atom. The van der Waals surface area contributed by atoms with Crippen LogP contribution in [-0.2, 0) is 6.42 Å². The zero-order valence-electron chi connectivity index (χ0n) is 11.2. The minimum absolute atomic E-state index is 0.771. The van der Waals surface area contributed by atoms with Crippen molar-refractivity contribution in [3.8, 4) is 0 Å². The Hall–Kier alpha value is -0.410. The van der Waals surface area contributed by atoms with Gasteiger partial charge < -0.3 is 5.32 Å². The molecule has 2 nitrogen and oxygen atoms in total. The van der Waals surface area contributed by atoms with Gasteiger partial charge in [-0.1, -0.05) is 12.8 Å². The quantitative estimate of drug-likeness (QED) is 0.895. The molecule has 0 radical (unpaired) electrons. The van der Waals surface area contributed by atoms with Crippen LogP contribution in [0.1, 0.15) is 56.4 Å². The molecule has 18 heavy (non-hydrogen) atoms. The van der Waals surface area contributed by atoms with Gasteiger partial charge in [0.05, 0.1) is 5.01 Å². The summed E-state index contributed by atoms with van der Waals surface area (Å²) >= 11 is 1.77. The minimum atomic E-state index is 0.771. The average molecular weight is 264 g/mol. The third-order valence-corrected chi connectivity index (χ3v) is 5.81. The first-order valence-electron chi connectivity index (χ1n) is 7.48. The highest BCUT2D eigenvalue weighted by Crippen LogP contribution is 2.48. The number of aromatic nitrogens is 1. The Labute approximate surface area is 114 Å². The summed E-state index contributed by atoms with van der Waals surface area (Å²) in [6, 6.07) is 0.774. The van der Waals surface area contributed by atoms with Crippen LogP contribution in [0.25, 0.3) is 0 Å². The van der Waals surface area contributed by atoms with Crippen molar-refractivity contribution in [3.05, 3.63) is 16.6 Å². The van der Waals surface area contributed by atoms with Gasteiger partial charge in [0.15, 0.2) is 0 Å². The molecular formula is C15H24N2S. The van der Waals surface area contributed by atoms with Crippen molar-refractivity contribution in [1.29, 1.82) is 0 Å². The SMILES string of the molecule is c1csc(CCNC2CCC3(CCCC3)CC2)n1. The van der Waals surface area contributed by atoms with E-state index in [1.165, 1.54) is 56.4 Å². The first-order valence-corrected chi connectivity index (χ1v) is 8.36. The highest BCUT2D eigenvalue weighted by molar-refractivity contribution is 7.09. The van der Waals surface area contributed by atoms with Gasteiger partial charge in [0.2, 0.25) is 0 Å². The lowest BCUT2D eigenvalue weighted by atomic mass is 9.71. The normalized spacial score (nSPS) is 23.8. The maximum atomic E-state index is 4.34. The van der Waals surface area contributed by atoms with Crippen LogP contribution in [0.3, 0.4) is 0 Å². The molecule has 2 aliphatic carbocycles. The van der Waals surface area contributed by atoms with Gasteiger partial charge in [0, 0.05) is 30.6 Å².